The highest BCUT2D eigenvalue weighted by atomic mass is 32.2. The van der Waals surface area contributed by atoms with Crippen LogP contribution in [0.3, 0.4) is 0 Å². The second-order valence-electron chi connectivity index (χ2n) is 14.1. The Kier molecular flexibility index (Phi) is 13.6. The van der Waals surface area contributed by atoms with Crippen molar-refractivity contribution >= 4 is 45.0 Å². The van der Waals surface area contributed by atoms with Gasteiger partial charge in [-0.3, -0.25) is 24.1 Å². The van der Waals surface area contributed by atoms with Gasteiger partial charge in [-0.1, -0.05) is 66.7 Å². The predicted molar refractivity (Wildman–Crippen MR) is 214 cm³/mol. The Morgan fingerprint density at radius 1 is 0.696 bits per heavy atom. The van der Waals surface area contributed by atoms with Crippen molar-refractivity contribution < 1.29 is 27.6 Å². The Balaban J connectivity index is 1.28. The Labute approximate surface area is 327 Å². The van der Waals surface area contributed by atoms with Crippen LogP contribution in [0.2, 0.25) is 0 Å². The quantitative estimate of drug-likeness (QED) is 0.163. The number of nitrogens with one attached hydrogen (secondary N) is 5. The third-order valence-electron chi connectivity index (χ3n) is 9.87. The molecule has 6 bridgehead atoms. The number of fused-ring (bicyclic) bond motifs is 3. The first-order chi connectivity index (χ1) is 27.0. The maximum absolute atomic E-state index is 14.2. The molecular weight excluding hydrogens is 733 g/mol. The summed E-state index contributed by atoms with van der Waals surface area (Å²) >= 11 is 0. The summed E-state index contributed by atoms with van der Waals surface area (Å²) < 4.78 is 29.7. The standard InChI is InChI=1S/C41H48N8O6S/c42-26-31-6-8-32(9-7-31)27-43-40(52)36-24-29-10-14-33(15-11-29)44-38(50)18-19-48-20-22-49(23-21-48)28-39(51)45-34-16-12-30(13-17-34)25-37(41(53)46-36)47-56(54,55)35-4-2-1-3-5-35/h1-17,36-37,47H,18-28,42H2,(H,43,52)(H,44,50)(H,45,51)(H,46,53)/t36-,37+/m0/s1. The summed E-state index contributed by atoms with van der Waals surface area (Å²) in [6.07, 6.45) is 0.333. The van der Waals surface area contributed by atoms with Crippen LogP contribution in [0.1, 0.15) is 28.7 Å². The molecule has 1 fully saturated rings. The molecule has 0 aliphatic carbocycles. The SMILES string of the molecule is NCc1ccc(CNC(=O)[C@@H]2Cc3ccc(cc3)NC(=O)CCN3CCN(CC3)CC(=O)Nc3ccc(cc3)C[C@@H](NS(=O)(=O)c3ccccc3)C(=O)N2)cc1. The maximum Gasteiger partial charge on any atom is 0.243 e. The zero-order valence-electron chi connectivity index (χ0n) is 31.1. The van der Waals surface area contributed by atoms with E-state index in [1.165, 1.54) is 12.1 Å². The third-order valence-corrected chi connectivity index (χ3v) is 11.4. The number of benzene rings is 4. The van der Waals surface area contributed by atoms with Crippen LogP contribution in [0, 0.1) is 0 Å². The van der Waals surface area contributed by atoms with Gasteiger partial charge in [0.05, 0.1) is 11.4 Å². The van der Waals surface area contributed by atoms with E-state index in [-0.39, 0.29) is 42.6 Å². The fourth-order valence-electron chi connectivity index (χ4n) is 6.61. The monoisotopic (exact) mass is 780 g/mol. The third kappa shape index (κ3) is 11.5. The summed E-state index contributed by atoms with van der Waals surface area (Å²) in [6.45, 7) is 4.23. The average Bonchev–Trinajstić information content (AvgIpc) is 3.20. The molecule has 4 aromatic carbocycles. The smallest absolute Gasteiger partial charge is 0.243 e. The lowest BCUT2D eigenvalue weighted by molar-refractivity contribution is -0.129. The van der Waals surface area contributed by atoms with Gasteiger partial charge < -0.3 is 31.9 Å². The maximum atomic E-state index is 14.2. The highest BCUT2D eigenvalue weighted by Crippen LogP contribution is 2.17. The van der Waals surface area contributed by atoms with E-state index >= 15 is 0 Å². The molecule has 0 aromatic heterocycles. The zero-order chi connectivity index (χ0) is 39.5. The van der Waals surface area contributed by atoms with Crippen molar-refractivity contribution in [3.05, 3.63) is 125 Å². The number of nitrogens with two attached hydrogens (primary N) is 1. The minimum Gasteiger partial charge on any atom is -0.350 e. The molecule has 9 rings (SSSR count). The number of carbonyl (C=O) groups is 4. The minimum atomic E-state index is -4.16. The van der Waals surface area contributed by atoms with Crippen molar-refractivity contribution in [1.29, 1.82) is 0 Å². The minimum absolute atomic E-state index is 0.0187. The van der Waals surface area contributed by atoms with Crippen molar-refractivity contribution in [2.24, 2.45) is 5.73 Å². The number of nitrogens with zero attached hydrogens (tertiary/aromatic N) is 2. The van der Waals surface area contributed by atoms with Gasteiger partial charge >= 0.3 is 0 Å². The van der Waals surface area contributed by atoms with Crippen LogP contribution in [0.15, 0.2) is 108 Å². The highest BCUT2D eigenvalue weighted by molar-refractivity contribution is 7.89. The number of carbonyl (C=O) groups excluding carboxylic acids is 4. The topological polar surface area (TPSA) is 195 Å². The Morgan fingerprint density at radius 3 is 1.89 bits per heavy atom. The van der Waals surface area contributed by atoms with E-state index in [2.05, 4.69) is 35.8 Å². The Hall–Kier alpha value is -5.45. The molecule has 2 atom stereocenters. The molecule has 4 aromatic rings. The first kappa shape index (κ1) is 40.2. The summed E-state index contributed by atoms with van der Waals surface area (Å²) in [5.74, 6) is -1.49. The Bertz CT molecular complexity index is 2070. The lowest BCUT2D eigenvalue weighted by Crippen LogP contribution is -2.55. The van der Waals surface area contributed by atoms with Crippen molar-refractivity contribution in [2.75, 3.05) is 49.9 Å². The molecule has 7 N–H and O–H groups in total. The molecule has 56 heavy (non-hydrogen) atoms. The summed E-state index contributed by atoms with van der Waals surface area (Å²) in [5.41, 5.74) is 9.99. The van der Waals surface area contributed by atoms with Crippen molar-refractivity contribution in [1.82, 2.24) is 25.2 Å². The van der Waals surface area contributed by atoms with Crippen LogP contribution >= 0.6 is 0 Å². The van der Waals surface area contributed by atoms with E-state index in [4.69, 9.17) is 5.73 Å². The van der Waals surface area contributed by atoms with Crippen LogP contribution in [0.5, 0.6) is 0 Å². The Morgan fingerprint density at radius 2 is 1.27 bits per heavy atom. The molecule has 4 amide bonds. The fourth-order valence-corrected chi connectivity index (χ4v) is 7.82. The molecule has 0 spiro atoms. The predicted octanol–water partition coefficient (Wildman–Crippen LogP) is 1.98. The molecule has 5 heterocycles. The largest absolute Gasteiger partial charge is 0.350 e. The van der Waals surface area contributed by atoms with Gasteiger partial charge in [-0.2, -0.15) is 4.72 Å². The summed E-state index contributed by atoms with van der Waals surface area (Å²) in [7, 11) is -4.16. The molecule has 0 saturated carbocycles. The molecule has 294 valence electrons. The normalized spacial score (nSPS) is 21.3. The molecule has 14 nitrogen and oxygen atoms in total. The first-order valence-electron chi connectivity index (χ1n) is 18.7. The second kappa shape index (κ2) is 18.9. The van der Waals surface area contributed by atoms with Gasteiger partial charge in [-0.25, -0.2) is 8.42 Å². The van der Waals surface area contributed by atoms with Crippen molar-refractivity contribution in [3.63, 3.8) is 0 Å². The molecule has 1 saturated heterocycles. The summed E-state index contributed by atoms with van der Waals surface area (Å²) in [4.78, 5) is 58.0. The molecular formula is C41H48N8O6S. The van der Waals surface area contributed by atoms with E-state index < -0.39 is 33.9 Å². The second-order valence-corrected chi connectivity index (χ2v) is 15.8. The van der Waals surface area contributed by atoms with E-state index in [1.54, 1.807) is 66.7 Å². The van der Waals surface area contributed by atoms with Gasteiger partial charge in [0.25, 0.3) is 0 Å². The van der Waals surface area contributed by atoms with E-state index in [1.807, 2.05) is 24.3 Å². The van der Waals surface area contributed by atoms with Gasteiger partial charge in [0.15, 0.2) is 0 Å². The van der Waals surface area contributed by atoms with E-state index in [0.29, 0.717) is 55.1 Å². The summed E-state index contributed by atoms with van der Waals surface area (Å²) in [5, 5.41) is 11.6. The van der Waals surface area contributed by atoms with Gasteiger partial charge in [-0.15, -0.1) is 0 Å². The van der Waals surface area contributed by atoms with Crippen molar-refractivity contribution in [2.45, 2.75) is 49.3 Å². The number of hydrogen-bond acceptors (Lipinski definition) is 9. The van der Waals surface area contributed by atoms with Crippen LogP contribution in [0.4, 0.5) is 11.4 Å². The van der Waals surface area contributed by atoms with Gasteiger partial charge in [0.2, 0.25) is 33.7 Å². The number of rotatable bonds is 7. The number of amides is 4. The van der Waals surface area contributed by atoms with Gasteiger partial charge in [0.1, 0.15) is 12.1 Å². The van der Waals surface area contributed by atoms with E-state index in [0.717, 1.165) is 24.2 Å². The summed E-state index contributed by atoms with van der Waals surface area (Å²) in [6, 6.07) is 26.7. The van der Waals surface area contributed by atoms with Gasteiger partial charge in [-0.05, 0) is 65.1 Å². The van der Waals surface area contributed by atoms with Crippen LogP contribution in [0.25, 0.3) is 0 Å². The number of piperazine rings is 1. The fraction of sp³-hybridized carbons (Fsp3) is 0.317. The highest BCUT2D eigenvalue weighted by Gasteiger charge is 2.30. The molecule has 0 unspecified atom stereocenters. The molecule has 15 heteroatoms. The average molecular weight is 781 g/mol. The zero-order valence-corrected chi connectivity index (χ0v) is 31.9. The number of sulfonamides is 1. The number of anilines is 2. The van der Waals surface area contributed by atoms with Crippen LogP contribution in [-0.4, -0.2) is 93.2 Å². The van der Waals surface area contributed by atoms with E-state index in [9.17, 15) is 27.6 Å². The lowest BCUT2D eigenvalue weighted by atomic mass is 10.0. The van der Waals surface area contributed by atoms with Gasteiger partial charge in [0, 0.05) is 70.0 Å². The van der Waals surface area contributed by atoms with Crippen LogP contribution < -0.4 is 31.7 Å². The van der Waals surface area contributed by atoms with Crippen LogP contribution in [-0.2, 0) is 55.1 Å². The lowest BCUT2D eigenvalue weighted by Gasteiger charge is -2.34. The molecule has 0 radical (unpaired) electrons. The number of hydrogen-bond donors (Lipinski definition) is 6. The first-order valence-corrected chi connectivity index (χ1v) is 20.2. The van der Waals surface area contributed by atoms with Crippen molar-refractivity contribution in [3.8, 4) is 0 Å². The molecule has 5 aliphatic heterocycles. The molecule has 5 aliphatic rings.